The molecular formula is C64H69NO5S. The maximum Gasteiger partial charge on any atom is 0.297 e. The predicted octanol–water partition coefficient (Wildman–Crippen LogP) is 9.53. The van der Waals surface area contributed by atoms with Gasteiger partial charge in [-0.3, -0.25) is 4.79 Å². The zero-order valence-electron chi connectivity index (χ0n) is 43.0. The monoisotopic (exact) mass is 963 g/mol. The molecule has 1 aromatic rings. The molecule has 8 atom stereocenters. The van der Waals surface area contributed by atoms with Crippen LogP contribution in [0.3, 0.4) is 0 Å². The third-order valence-electron chi connectivity index (χ3n) is 10.9. The highest BCUT2D eigenvalue weighted by Gasteiger charge is 2.42. The van der Waals surface area contributed by atoms with Crippen molar-refractivity contribution >= 4 is 17.7 Å². The van der Waals surface area contributed by atoms with Crippen molar-refractivity contribution < 1.29 is 24.1 Å². The predicted molar refractivity (Wildman–Crippen MR) is 292 cm³/mol. The van der Waals surface area contributed by atoms with E-state index in [0.717, 1.165) is 18.4 Å². The number of thioether (sulfide) groups is 1. The van der Waals surface area contributed by atoms with Gasteiger partial charge in [0.05, 0.1) is 37.6 Å². The molecule has 0 spiro atoms. The Balaban J connectivity index is 2.21. The van der Waals surface area contributed by atoms with Crippen LogP contribution in [0.25, 0.3) is 0 Å². The number of nitrogens with one attached hydrogen (secondary N) is 1. The Kier molecular flexibility index (Phi) is 33.3. The van der Waals surface area contributed by atoms with Gasteiger partial charge in [-0.15, -0.1) is 0 Å². The number of ether oxygens (including phenoxy) is 3. The van der Waals surface area contributed by atoms with E-state index in [9.17, 15) is 9.90 Å². The average Bonchev–Trinajstić information content (AvgIpc) is 3.35. The van der Waals surface area contributed by atoms with E-state index < -0.39 is 36.6 Å². The van der Waals surface area contributed by atoms with Crippen molar-refractivity contribution in [3.05, 3.63) is 48.0 Å². The molecule has 7 heteroatoms. The largest absolute Gasteiger partial charge is 0.390 e. The molecule has 0 aliphatic carbocycles. The second-order valence-corrected chi connectivity index (χ2v) is 19.6. The normalized spacial score (nSPS) is 17.2. The smallest absolute Gasteiger partial charge is 0.297 e. The minimum Gasteiger partial charge on any atom is -0.390 e. The molecule has 1 amide bonds. The lowest BCUT2D eigenvalue weighted by atomic mass is 9.85. The molecule has 2 rings (SSSR count). The molecule has 0 saturated carbocycles. The third-order valence-corrected chi connectivity index (χ3v) is 12.3. The Morgan fingerprint density at radius 1 is 0.718 bits per heavy atom. The Hall–Kier alpha value is -6.66. The highest BCUT2D eigenvalue weighted by Crippen LogP contribution is 2.35. The number of carbonyl (C=O) groups excluding carboxylic acids is 1. The molecule has 1 fully saturated rings. The molecule has 0 radical (unpaired) electrons. The fourth-order valence-electron chi connectivity index (χ4n) is 6.91. The average molecular weight is 964 g/mol. The number of benzene rings is 1. The van der Waals surface area contributed by atoms with E-state index in [4.69, 9.17) is 14.2 Å². The Morgan fingerprint density at radius 3 is 1.72 bits per heavy atom. The molecule has 1 aliphatic rings. The molecule has 1 heterocycles. The van der Waals surface area contributed by atoms with Gasteiger partial charge in [0.25, 0.3) is 5.91 Å². The van der Waals surface area contributed by atoms with Gasteiger partial charge in [0.2, 0.25) is 0 Å². The van der Waals surface area contributed by atoms with Crippen LogP contribution in [0.2, 0.25) is 0 Å². The quantitative estimate of drug-likeness (QED) is 0.0647. The van der Waals surface area contributed by atoms with E-state index in [1.54, 1.807) is 18.7 Å². The first-order valence-corrected chi connectivity index (χ1v) is 25.6. The molecule has 0 aromatic heterocycles. The summed E-state index contributed by atoms with van der Waals surface area (Å²) in [6, 6.07) is 9.39. The maximum atomic E-state index is 13.5. The summed E-state index contributed by atoms with van der Waals surface area (Å²) in [6.07, 6.45) is 15.9. The lowest BCUT2D eigenvalue weighted by Crippen LogP contribution is -2.54. The molecule has 366 valence electrons. The first-order valence-electron chi connectivity index (χ1n) is 24.6. The summed E-state index contributed by atoms with van der Waals surface area (Å²) in [5.74, 6) is 61.4. The molecule has 6 nitrogen and oxygen atoms in total. The minimum atomic E-state index is -0.628. The van der Waals surface area contributed by atoms with E-state index in [0.29, 0.717) is 12.4 Å². The van der Waals surface area contributed by atoms with Crippen LogP contribution in [-0.2, 0) is 25.6 Å². The fraction of sp³-hybridized carbons (Fsp3) is 0.484. The number of amides is 1. The van der Waals surface area contributed by atoms with Gasteiger partial charge in [-0.1, -0.05) is 148 Å². The van der Waals surface area contributed by atoms with E-state index in [1.165, 1.54) is 57.8 Å². The van der Waals surface area contributed by atoms with Gasteiger partial charge in [-0.05, 0) is 138 Å². The standard InChI is InChI=1S/C64H69NO5S/c1-9-11-13-15-17-19-21-23-24-25-26-27-28-29-30-31-32-33-35-37-39-41-46-50-60(66)65-58(52-69-63-56(5)55(4)61(67)59(70-63)53-71-64(6,7)8)62(68-51-57-48-44-42-45-49-57)54(3)47-43-40-38-36-34-22-20-18-16-14-12-10-2/h40,42-45,48-49,54-56,58-59,61-63,67H,10,12,14,16,18,20,22,34,36,38,47,51-53H2,1-8H3,(H,65,66)/t54-,55-,56?,58+,59?,61-,62-,63+/m1/s1. The van der Waals surface area contributed by atoms with Crippen molar-refractivity contribution in [2.75, 3.05) is 12.4 Å². The number of hydrogen-bond acceptors (Lipinski definition) is 6. The second kappa shape index (κ2) is 39.1. The maximum absolute atomic E-state index is 13.5. The van der Waals surface area contributed by atoms with Crippen molar-refractivity contribution in [3.8, 4) is 142 Å². The number of hydrogen-bond donors (Lipinski definition) is 2. The lowest BCUT2D eigenvalue weighted by Gasteiger charge is -2.43. The number of rotatable bonds is 23. The second-order valence-electron chi connectivity index (χ2n) is 17.8. The van der Waals surface area contributed by atoms with Crippen LogP contribution >= 0.6 is 11.8 Å². The number of allylic oxidation sites excluding steroid dienone is 2. The highest BCUT2D eigenvalue weighted by atomic mass is 32.2. The van der Waals surface area contributed by atoms with Gasteiger partial charge in [0.1, 0.15) is 0 Å². The van der Waals surface area contributed by atoms with E-state index in [1.807, 2.05) is 44.2 Å². The Bertz CT molecular complexity index is 2640. The lowest BCUT2D eigenvalue weighted by molar-refractivity contribution is -0.260. The summed E-state index contributed by atoms with van der Waals surface area (Å²) in [5, 5.41) is 14.3. The molecule has 71 heavy (non-hydrogen) atoms. The minimum absolute atomic E-state index is 0.00153. The van der Waals surface area contributed by atoms with Crippen molar-refractivity contribution in [3.63, 3.8) is 0 Å². The van der Waals surface area contributed by atoms with Crippen LogP contribution in [0.4, 0.5) is 0 Å². The number of aliphatic hydroxyl groups is 1. The van der Waals surface area contributed by atoms with Crippen molar-refractivity contribution in [2.45, 2.75) is 168 Å². The first kappa shape index (κ1) is 60.5. The molecule has 2 unspecified atom stereocenters. The molecule has 0 bridgehead atoms. The van der Waals surface area contributed by atoms with Gasteiger partial charge in [-0.25, -0.2) is 0 Å². The zero-order valence-corrected chi connectivity index (χ0v) is 43.9. The van der Waals surface area contributed by atoms with Gasteiger partial charge in [0, 0.05) is 57.9 Å². The number of aliphatic hydroxyl groups excluding tert-OH is 1. The van der Waals surface area contributed by atoms with Gasteiger partial charge in [-0.2, -0.15) is 11.8 Å². The summed E-state index contributed by atoms with van der Waals surface area (Å²) < 4.78 is 19.8. The summed E-state index contributed by atoms with van der Waals surface area (Å²) in [5.41, 5.74) is 1.02. The van der Waals surface area contributed by atoms with E-state index in [-0.39, 0.29) is 29.1 Å². The van der Waals surface area contributed by atoms with Crippen molar-refractivity contribution in [2.24, 2.45) is 17.8 Å². The number of carbonyl (C=O) groups is 1. The molecule has 2 N–H and O–H groups in total. The van der Waals surface area contributed by atoms with Crippen LogP contribution in [0.1, 0.15) is 132 Å². The summed E-state index contributed by atoms with van der Waals surface area (Å²) in [4.78, 5) is 13.5. The number of unbranched alkanes of at least 4 members (excludes halogenated alkanes) is 9. The van der Waals surface area contributed by atoms with E-state index >= 15 is 0 Å². The van der Waals surface area contributed by atoms with Crippen LogP contribution in [0.15, 0.2) is 42.5 Å². The fourth-order valence-corrected chi connectivity index (χ4v) is 7.85. The first-order chi connectivity index (χ1) is 34.5. The van der Waals surface area contributed by atoms with Crippen LogP contribution in [0, 0.1) is 160 Å². The van der Waals surface area contributed by atoms with Gasteiger partial charge in [0.15, 0.2) is 6.29 Å². The van der Waals surface area contributed by atoms with Gasteiger partial charge < -0.3 is 24.6 Å². The third kappa shape index (κ3) is 30.5. The summed E-state index contributed by atoms with van der Waals surface area (Å²) in [7, 11) is 0. The van der Waals surface area contributed by atoms with Crippen molar-refractivity contribution in [1.29, 1.82) is 0 Å². The molecular weight excluding hydrogens is 895 g/mol. The SMILES string of the molecule is CC#CC#CC#CC#CC#CC#CC#CC#CC#CC#CC#CC#CC(=O)N[C@@H](CO[C@H]1OC(CSC(C)(C)C)[C@H](O)[C@H](C)C1C)[C@H](OCc1ccccc1)[C@H](C)CC=CCCCCCCCCCCC. The molecule has 1 aliphatic heterocycles. The van der Waals surface area contributed by atoms with E-state index in [2.05, 4.69) is 194 Å². The summed E-state index contributed by atoms with van der Waals surface area (Å²) in [6.45, 7) is 17.0. The molecule has 1 aromatic carbocycles. The Labute approximate surface area is 433 Å². The van der Waals surface area contributed by atoms with Crippen LogP contribution in [-0.4, -0.2) is 58.8 Å². The topological polar surface area (TPSA) is 77.0 Å². The zero-order chi connectivity index (χ0) is 51.6. The van der Waals surface area contributed by atoms with Gasteiger partial charge >= 0.3 is 0 Å². The van der Waals surface area contributed by atoms with Crippen molar-refractivity contribution in [1.82, 2.24) is 5.32 Å². The summed E-state index contributed by atoms with van der Waals surface area (Å²) >= 11 is 1.75. The van der Waals surface area contributed by atoms with Crippen LogP contribution < -0.4 is 5.32 Å². The van der Waals surface area contributed by atoms with Crippen LogP contribution in [0.5, 0.6) is 0 Å². The Morgan fingerprint density at radius 2 is 1.21 bits per heavy atom. The molecule has 1 saturated heterocycles. The highest BCUT2D eigenvalue weighted by molar-refractivity contribution is 8.00.